The van der Waals surface area contributed by atoms with Crippen LogP contribution in [0, 0.1) is 0 Å². The molecule has 0 aromatic heterocycles. The maximum absolute atomic E-state index is 13.3. The van der Waals surface area contributed by atoms with Crippen LogP contribution in [0.25, 0.3) is 0 Å². The van der Waals surface area contributed by atoms with Gasteiger partial charge in [-0.05, 0) is 50.7 Å². The van der Waals surface area contributed by atoms with Crippen molar-refractivity contribution in [3.8, 4) is 0 Å². The fourth-order valence-corrected chi connectivity index (χ4v) is 5.38. The van der Waals surface area contributed by atoms with Gasteiger partial charge in [-0.1, -0.05) is 12.1 Å². The number of hydrogen-bond donors (Lipinski definition) is 0. The molecule has 3 heterocycles. The normalized spacial score (nSPS) is 22.8. The second-order valence-electron chi connectivity index (χ2n) is 7.72. The van der Waals surface area contributed by atoms with Crippen LogP contribution >= 0.6 is 11.8 Å². The van der Waals surface area contributed by atoms with Gasteiger partial charge in [-0.3, -0.25) is 14.4 Å². The van der Waals surface area contributed by atoms with E-state index in [-0.39, 0.29) is 24.3 Å². The third-order valence-corrected chi connectivity index (χ3v) is 7.02. The summed E-state index contributed by atoms with van der Waals surface area (Å²) < 4.78 is 0. The second-order valence-corrected chi connectivity index (χ2v) is 8.86. The van der Waals surface area contributed by atoms with Crippen molar-refractivity contribution < 1.29 is 14.4 Å². The first-order chi connectivity index (χ1) is 13.6. The molecule has 2 fully saturated rings. The van der Waals surface area contributed by atoms with Crippen LogP contribution in [0.4, 0.5) is 5.69 Å². The van der Waals surface area contributed by atoms with Gasteiger partial charge >= 0.3 is 0 Å². The third kappa shape index (κ3) is 3.90. The second kappa shape index (κ2) is 8.55. The fourth-order valence-electron chi connectivity index (χ4n) is 4.20. The minimum absolute atomic E-state index is 0.0141. The summed E-state index contributed by atoms with van der Waals surface area (Å²) >= 11 is 1.33. The number of rotatable bonds is 3. The van der Waals surface area contributed by atoms with Crippen LogP contribution in [0.2, 0.25) is 0 Å². The molecular weight excluding hydrogens is 374 g/mol. The van der Waals surface area contributed by atoms with E-state index in [2.05, 4.69) is 0 Å². The van der Waals surface area contributed by atoms with E-state index in [1.165, 1.54) is 16.7 Å². The van der Waals surface area contributed by atoms with Crippen LogP contribution in [-0.4, -0.2) is 65.5 Å². The SMILES string of the molecule is O=C(CN1C(=O)[C@@H](C(=O)N2CCCCC2)Sc2ccccc21)N1CCCCC1. The van der Waals surface area contributed by atoms with Gasteiger partial charge in [0.2, 0.25) is 11.8 Å². The first kappa shape index (κ1) is 19.3. The summed E-state index contributed by atoms with van der Waals surface area (Å²) in [6.07, 6.45) is 6.30. The molecule has 0 saturated carbocycles. The Bertz CT molecular complexity index is 757. The van der Waals surface area contributed by atoms with Crippen LogP contribution in [-0.2, 0) is 14.4 Å². The molecule has 0 N–H and O–H groups in total. The number of para-hydroxylation sites is 1. The molecule has 0 spiro atoms. The lowest BCUT2D eigenvalue weighted by Gasteiger charge is -2.37. The molecule has 3 aliphatic rings. The molecule has 1 aromatic rings. The van der Waals surface area contributed by atoms with Crippen LogP contribution < -0.4 is 4.90 Å². The van der Waals surface area contributed by atoms with E-state index < -0.39 is 5.25 Å². The number of likely N-dealkylation sites (tertiary alicyclic amines) is 2. The highest BCUT2D eigenvalue weighted by Crippen LogP contribution is 2.40. The Labute approximate surface area is 170 Å². The highest BCUT2D eigenvalue weighted by atomic mass is 32.2. The minimum Gasteiger partial charge on any atom is -0.341 e. The van der Waals surface area contributed by atoms with Gasteiger partial charge in [0.25, 0.3) is 5.91 Å². The van der Waals surface area contributed by atoms with Crippen molar-refractivity contribution in [2.75, 3.05) is 37.6 Å². The summed E-state index contributed by atoms with van der Waals surface area (Å²) in [7, 11) is 0. The van der Waals surface area contributed by atoms with Crippen molar-refractivity contribution in [3.63, 3.8) is 0 Å². The molecule has 1 atom stereocenters. The van der Waals surface area contributed by atoms with Crippen molar-refractivity contribution in [2.45, 2.75) is 48.7 Å². The molecule has 3 aliphatic heterocycles. The lowest BCUT2D eigenvalue weighted by molar-refractivity contribution is -0.137. The lowest BCUT2D eigenvalue weighted by atomic mass is 10.1. The summed E-state index contributed by atoms with van der Waals surface area (Å²) in [5, 5.41) is -0.790. The monoisotopic (exact) mass is 401 g/mol. The quantitative estimate of drug-likeness (QED) is 0.731. The summed E-state index contributed by atoms with van der Waals surface area (Å²) in [5.41, 5.74) is 0.741. The van der Waals surface area contributed by atoms with Gasteiger partial charge in [0.15, 0.2) is 5.25 Å². The minimum atomic E-state index is -0.790. The molecule has 0 bridgehead atoms. The number of fused-ring (bicyclic) bond motifs is 1. The highest BCUT2D eigenvalue weighted by Gasteiger charge is 2.41. The van der Waals surface area contributed by atoms with Gasteiger partial charge in [0, 0.05) is 31.1 Å². The predicted molar refractivity (Wildman–Crippen MR) is 109 cm³/mol. The molecule has 0 aliphatic carbocycles. The van der Waals surface area contributed by atoms with E-state index in [4.69, 9.17) is 0 Å². The smallest absolute Gasteiger partial charge is 0.250 e. The summed E-state index contributed by atoms with van der Waals surface area (Å²) in [6, 6.07) is 7.58. The number of nitrogens with zero attached hydrogens (tertiary/aromatic N) is 3. The number of benzene rings is 1. The van der Waals surface area contributed by atoms with Crippen LogP contribution in [0.5, 0.6) is 0 Å². The average molecular weight is 402 g/mol. The number of carbonyl (C=O) groups excluding carboxylic acids is 3. The molecule has 7 heteroatoms. The molecule has 28 heavy (non-hydrogen) atoms. The molecule has 1 aromatic carbocycles. The Hall–Kier alpha value is -2.02. The summed E-state index contributed by atoms with van der Waals surface area (Å²) in [4.78, 5) is 45.3. The maximum Gasteiger partial charge on any atom is 0.250 e. The van der Waals surface area contributed by atoms with E-state index in [9.17, 15) is 14.4 Å². The summed E-state index contributed by atoms with van der Waals surface area (Å²) in [6.45, 7) is 2.97. The van der Waals surface area contributed by atoms with E-state index in [1.54, 1.807) is 0 Å². The molecule has 4 rings (SSSR count). The van der Waals surface area contributed by atoms with Gasteiger partial charge in [0.05, 0.1) is 5.69 Å². The average Bonchev–Trinajstić information content (AvgIpc) is 2.76. The van der Waals surface area contributed by atoms with Crippen LogP contribution in [0.3, 0.4) is 0 Å². The molecule has 6 nitrogen and oxygen atoms in total. The summed E-state index contributed by atoms with van der Waals surface area (Å²) in [5.74, 6) is -0.400. The molecular formula is C21H27N3O3S. The largest absolute Gasteiger partial charge is 0.341 e. The van der Waals surface area contributed by atoms with Crippen molar-refractivity contribution in [1.29, 1.82) is 0 Å². The van der Waals surface area contributed by atoms with E-state index in [0.29, 0.717) is 0 Å². The molecule has 0 unspecified atom stereocenters. The Morgan fingerprint density at radius 2 is 1.50 bits per heavy atom. The van der Waals surface area contributed by atoms with Gasteiger partial charge in [-0.2, -0.15) is 0 Å². The Morgan fingerprint density at radius 3 is 2.18 bits per heavy atom. The predicted octanol–water partition coefficient (Wildman–Crippen LogP) is 2.52. The van der Waals surface area contributed by atoms with Crippen LogP contribution in [0.15, 0.2) is 29.2 Å². The molecule has 0 radical (unpaired) electrons. The maximum atomic E-state index is 13.3. The molecule has 3 amide bonds. The zero-order valence-corrected chi connectivity index (χ0v) is 17.0. The third-order valence-electron chi connectivity index (χ3n) is 5.79. The fraction of sp³-hybridized carbons (Fsp3) is 0.571. The first-order valence-electron chi connectivity index (χ1n) is 10.3. The Morgan fingerprint density at radius 1 is 0.893 bits per heavy atom. The van der Waals surface area contributed by atoms with Crippen molar-refractivity contribution >= 4 is 35.2 Å². The van der Waals surface area contributed by atoms with Crippen molar-refractivity contribution in [1.82, 2.24) is 9.80 Å². The first-order valence-corrected chi connectivity index (χ1v) is 11.2. The van der Waals surface area contributed by atoms with Gasteiger partial charge in [-0.15, -0.1) is 11.8 Å². The Balaban J connectivity index is 1.56. The topological polar surface area (TPSA) is 60.9 Å². The van der Waals surface area contributed by atoms with Crippen molar-refractivity contribution in [3.05, 3.63) is 24.3 Å². The zero-order valence-electron chi connectivity index (χ0n) is 16.1. The van der Waals surface area contributed by atoms with Gasteiger partial charge in [-0.25, -0.2) is 0 Å². The van der Waals surface area contributed by atoms with Crippen LogP contribution in [0.1, 0.15) is 38.5 Å². The Kier molecular flexibility index (Phi) is 5.90. The van der Waals surface area contributed by atoms with Crippen molar-refractivity contribution in [2.24, 2.45) is 0 Å². The number of carbonyl (C=O) groups is 3. The van der Waals surface area contributed by atoms with Gasteiger partial charge in [0.1, 0.15) is 6.54 Å². The molecule has 150 valence electrons. The number of anilines is 1. The number of amides is 3. The lowest BCUT2D eigenvalue weighted by Crippen LogP contribution is -2.53. The number of hydrogen-bond acceptors (Lipinski definition) is 4. The zero-order chi connectivity index (χ0) is 19.5. The van der Waals surface area contributed by atoms with E-state index in [0.717, 1.165) is 75.3 Å². The number of thioether (sulfide) groups is 1. The van der Waals surface area contributed by atoms with Gasteiger partial charge < -0.3 is 14.7 Å². The number of piperidine rings is 2. The molecule has 2 saturated heterocycles. The standard InChI is InChI=1S/C21H27N3O3S/c25-18(22-11-5-1-6-12-22)15-24-16-9-3-4-10-17(16)28-19(21(24)27)20(26)23-13-7-2-8-14-23/h3-4,9-10,19H,1-2,5-8,11-15H2/t19-/m1/s1. The van der Waals surface area contributed by atoms with E-state index in [1.807, 2.05) is 34.1 Å². The highest BCUT2D eigenvalue weighted by molar-refractivity contribution is 8.01. The van der Waals surface area contributed by atoms with E-state index >= 15 is 0 Å².